The normalized spacial score (nSPS) is 22.9. The lowest BCUT2D eigenvalue weighted by atomic mass is 9.98. The minimum atomic E-state index is 0.531. The van der Waals surface area contributed by atoms with Crippen molar-refractivity contribution in [3.05, 3.63) is 27.2 Å². The molecule has 0 aliphatic carbocycles. The molecule has 1 aliphatic heterocycles. The first-order valence-electron chi connectivity index (χ1n) is 7.88. The van der Waals surface area contributed by atoms with Crippen LogP contribution in [0.2, 0.25) is 5.02 Å². The van der Waals surface area contributed by atoms with E-state index >= 15 is 0 Å². The molecule has 1 fully saturated rings. The molecule has 4 heteroatoms. The Kier molecular flexibility index (Phi) is 5.98. The first-order valence-corrected chi connectivity index (χ1v) is 9.05. The maximum absolute atomic E-state index is 6.35. The van der Waals surface area contributed by atoms with Gasteiger partial charge >= 0.3 is 0 Å². The highest BCUT2D eigenvalue weighted by Gasteiger charge is 2.28. The molecule has 0 aromatic heterocycles. The smallest absolute Gasteiger partial charge is 0.0529 e. The number of aryl methyl sites for hydroxylation is 1. The summed E-state index contributed by atoms with van der Waals surface area (Å²) in [6, 6.07) is 5.33. The molecule has 1 N–H and O–H groups in total. The van der Waals surface area contributed by atoms with Crippen LogP contribution in [0.15, 0.2) is 16.6 Å². The van der Waals surface area contributed by atoms with E-state index in [4.69, 9.17) is 11.6 Å². The van der Waals surface area contributed by atoms with Gasteiger partial charge in [-0.2, -0.15) is 0 Å². The van der Waals surface area contributed by atoms with Crippen molar-refractivity contribution in [1.29, 1.82) is 0 Å². The van der Waals surface area contributed by atoms with Crippen LogP contribution in [-0.4, -0.2) is 25.2 Å². The molecule has 118 valence electrons. The lowest BCUT2D eigenvalue weighted by Crippen LogP contribution is -2.57. The number of benzene rings is 1. The molecule has 2 unspecified atom stereocenters. The first-order chi connectivity index (χ1) is 9.92. The summed E-state index contributed by atoms with van der Waals surface area (Å²) in [6.45, 7) is 11.0. The van der Waals surface area contributed by atoms with Crippen LogP contribution >= 0.6 is 27.5 Å². The van der Waals surface area contributed by atoms with Gasteiger partial charge in [-0.3, -0.25) is 0 Å². The molecule has 0 spiro atoms. The molecule has 0 radical (unpaired) electrons. The molecule has 0 saturated carbocycles. The zero-order chi connectivity index (χ0) is 15.6. The molecular formula is C17H26BrClN2. The Balaban J connectivity index is 2.26. The van der Waals surface area contributed by atoms with Gasteiger partial charge in [0.25, 0.3) is 0 Å². The van der Waals surface area contributed by atoms with E-state index in [0.29, 0.717) is 18.0 Å². The van der Waals surface area contributed by atoms with E-state index in [1.54, 1.807) is 0 Å². The first kappa shape index (κ1) is 17.1. The molecule has 0 bridgehead atoms. The minimum Gasteiger partial charge on any atom is -0.365 e. The summed E-state index contributed by atoms with van der Waals surface area (Å²) < 4.78 is 1.15. The fourth-order valence-corrected chi connectivity index (χ4v) is 3.95. The number of hydrogen-bond acceptors (Lipinski definition) is 2. The van der Waals surface area contributed by atoms with Gasteiger partial charge in [0, 0.05) is 34.7 Å². The van der Waals surface area contributed by atoms with Crippen molar-refractivity contribution in [3.8, 4) is 0 Å². The maximum Gasteiger partial charge on any atom is 0.0529 e. The number of nitrogens with one attached hydrogen (secondary N) is 1. The van der Waals surface area contributed by atoms with Crippen molar-refractivity contribution < 1.29 is 0 Å². The second-order valence-corrected chi connectivity index (χ2v) is 7.76. The van der Waals surface area contributed by atoms with Gasteiger partial charge in [-0.25, -0.2) is 0 Å². The summed E-state index contributed by atoms with van der Waals surface area (Å²) in [5.74, 6) is 0.715. The van der Waals surface area contributed by atoms with Gasteiger partial charge in [0.2, 0.25) is 0 Å². The van der Waals surface area contributed by atoms with Gasteiger partial charge in [-0.05, 0) is 59.3 Å². The van der Waals surface area contributed by atoms with Crippen LogP contribution in [0.4, 0.5) is 5.69 Å². The highest BCUT2D eigenvalue weighted by Crippen LogP contribution is 2.34. The average molecular weight is 374 g/mol. The van der Waals surface area contributed by atoms with Gasteiger partial charge in [-0.15, -0.1) is 0 Å². The lowest BCUT2D eigenvalue weighted by Gasteiger charge is -2.42. The lowest BCUT2D eigenvalue weighted by molar-refractivity contribution is 0.343. The number of hydrogen-bond donors (Lipinski definition) is 1. The van der Waals surface area contributed by atoms with Gasteiger partial charge in [-0.1, -0.05) is 32.4 Å². The molecule has 1 aromatic rings. The highest BCUT2D eigenvalue weighted by atomic mass is 79.9. The fraction of sp³-hybridized carbons (Fsp3) is 0.647. The van der Waals surface area contributed by atoms with E-state index in [0.717, 1.165) is 34.6 Å². The summed E-state index contributed by atoms with van der Waals surface area (Å²) in [7, 11) is 0. The highest BCUT2D eigenvalue weighted by molar-refractivity contribution is 9.10. The van der Waals surface area contributed by atoms with E-state index in [1.165, 1.54) is 12.1 Å². The van der Waals surface area contributed by atoms with E-state index in [1.807, 2.05) is 6.92 Å². The minimum absolute atomic E-state index is 0.531. The van der Waals surface area contributed by atoms with E-state index in [9.17, 15) is 0 Å². The molecule has 2 atom stereocenters. The Labute approximate surface area is 142 Å². The van der Waals surface area contributed by atoms with E-state index in [-0.39, 0.29) is 0 Å². The standard InChI is InChI=1S/C17H26BrClN2/c1-5-14-9-20-13(6-11(2)3)10-21(14)17-8-16(19)12(4)7-15(17)18/h7-8,11,13-14,20H,5-6,9-10H2,1-4H3. The van der Waals surface area contributed by atoms with Crippen molar-refractivity contribution in [3.63, 3.8) is 0 Å². The molecule has 1 saturated heterocycles. The third-order valence-corrected chi connectivity index (χ3v) is 5.31. The molecular weight excluding hydrogens is 348 g/mol. The quantitative estimate of drug-likeness (QED) is 0.797. The van der Waals surface area contributed by atoms with Crippen LogP contribution in [0, 0.1) is 12.8 Å². The predicted octanol–water partition coefficient (Wildman–Crippen LogP) is 5.01. The van der Waals surface area contributed by atoms with E-state index in [2.05, 4.69) is 59.1 Å². The summed E-state index contributed by atoms with van der Waals surface area (Å²) in [5.41, 5.74) is 2.35. The largest absolute Gasteiger partial charge is 0.365 e. The second-order valence-electron chi connectivity index (χ2n) is 6.50. The van der Waals surface area contributed by atoms with Crippen LogP contribution < -0.4 is 10.2 Å². The van der Waals surface area contributed by atoms with Crippen molar-refractivity contribution in [2.24, 2.45) is 5.92 Å². The van der Waals surface area contributed by atoms with Crippen LogP contribution in [-0.2, 0) is 0 Å². The van der Waals surface area contributed by atoms with Crippen molar-refractivity contribution in [2.45, 2.75) is 52.6 Å². The molecule has 21 heavy (non-hydrogen) atoms. The van der Waals surface area contributed by atoms with Crippen LogP contribution in [0.5, 0.6) is 0 Å². The summed E-state index contributed by atoms with van der Waals surface area (Å²) in [4.78, 5) is 2.53. The van der Waals surface area contributed by atoms with Crippen LogP contribution in [0.1, 0.15) is 39.2 Å². The Morgan fingerprint density at radius 1 is 1.43 bits per heavy atom. The Hall–Kier alpha value is -0.250. The maximum atomic E-state index is 6.35. The van der Waals surface area contributed by atoms with Gasteiger partial charge in [0.1, 0.15) is 0 Å². The zero-order valence-corrected chi connectivity index (χ0v) is 15.8. The number of piperazine rings is 1. The van der Waals surface area contributed by atoms with Crippen molar-refractivity contribution >= 4 is 33.2 Å². The number of anilines is 1. The Morgan fingerprint density at radius 2 is 2.14 bits per heavy atom. The fourth-order valence-electron chi connectivity index (χ4n) is 3.11. The summed E-state index contributed by atoms with van der Waals surface area (Å²) in [6.07, 6.45) is 2.35. The monoisotopic (exact) mass is 372 g/mol. The summed E-state index contributed by atoms with van der Waals surface area (Å²) in [5, 5.41) is 4.56. The molecule has 1 aliphatic rings. The molecule has 1 heterocycles. The second kappa shape index (κ2) is 7.34. The number of rotatable bonds is 4. The van der Waals surface area contributed by atoms with Gasteiger partial charge in [0.05, 0.1) is 5.69 Å². The molecule has 1 aromatic carbocycles. The van der Waals surface area contributed by atoms with Gasteiger partial charge < -0.3 is 10.2 Å². The number of halogens is 2. The van der Waals surface area contributed by atoms with Crippen LogP contribution in [0.3, 0.4) is 0 Å². The Morgan fingerprint density at radius 3 is 2.76 bits per heavy atom. The predicted molar refractivity (Wildman–Crippen MR) is 96.6 cm³/mol. The Bertz CT molecular complexity index is 490. The molecule has 2 rings (SSSR count). The van der Waals surface area contributed by atoms with Crippen molar-refractivity contribution in [2.75, 3.05) is 18.0 Å². The van der Waals surface area contributed by atoms with Crippen molar-refractivity contribution in [1.82, 2.24) is 5.32 Å². The third-order valence-electron chi connectivity index (χ3n) is 4.26. The zero-order valence-electron chi connectivity index (χ0n) is 13.4. The SMILES string of the molecule is CCC1CNC(CC(C)C)CN1c1cc(Cl)c(C)cc1Br. The molecule has 0 amide bonds. The topological polar surface area (TPSA) is 15.3 Å². The number of nitrogens with zero attached hydrogens (tertiary/aromatic N) is 1. The molecule has 2 nitrogen and oxygen atoms in total. The van der Waals surface area contributed by atoms with Gasteiger partial charge in [0.15, 0.2) is 0 Å². The average Bonchev–Trinajstić information content (AvgIpc) is 2.42. The summed E-state index contributed by atoms with van der Waals surface area (Å²) >= 11 is 10.1. The van der Waals surface area contributed by atoms with E-state index < -0.39 is 0 Å². The third kappa shape index (κ3) is 4.14. The van der Waals surface area contributed by atoms with Crippen LogP contribution in [0.25, 0.3) is 0 Å².